The lowest BCUT2D eigenvalue weighted by Gasteiger charge is -1.93. The molecular weight excluding hydrogens is 250 g/mol. The number of nitrogens with zero attached hydrogens (tertiary/aromatic N) is 1. The van der Waals surface area contributed by atoms with Gasteiger partial charge in [0.15, 0.2) is 5.76 Å². The lowest BCUT2D eigenvalue weighted by molar-refractivity contribution is 0.102. The molecule has 0 fully saturated rings. The summed E-state index contributed by atoms with van der Waals surface area (Å²) < 4.78 is 5.63. The van der Waals surface area contributed by atoms with Crippen LogP contribution in [0.1, 0.15) is 21.7 Å². The molecule has 3 aromatic rings. The van der Waals surface area contributed by atoms with Gasteiger partial charge in [-0.3, -0.25) is 9.78 Å². The van der Waals surface area contributed by atoms with E-state index < -0.39 is 0 Å². The van der Waals surface area contributed by atoms with E-state index >= 15 is 0 Å². The van der Waals surface area contributed by atoms with Crippen molar-refractivity contribution in [3.05, 3.63) is 71.8 Å². The first-order chi connectivity index (χ1) is 9.75. The molecule has 0 bridgehead atoms. The molecule has 0 radical (unpaired) electrons. The number of hydrogen-bond donors (Lipinski definition) is 0. The maximum atomic E-state index is 12.2. The summed E-state index contributed by atoms with van der Waals surface area (Å²) in [6.45, 7) is 1.90. The van der Waals surface area contributed by atoms with Crippen LogP contribution in [0, 0.1) is 6.92 Å². The fraction of sp³-hybridized carbons (Fsp3) is 0.0588. The maximum absolute atomic E-state index is 12.2. The monoisotopic (exact) mass is 263 g/mol. The van der Waals surface area contributed by atoms with Gasteiger partial charge in [-0.2, -0.15) is 0 Å². The molecule has 98 valence electrons. The van der Waals surface area contributed by atoms with Gasteiger partial charge >= 0.3 is 0 Å². The number of para-hydroxylation sites is 1. The first-order valence-corrected chi connectivity index (χ1v) is 6.36. The summed E-state index contributed by atoms with van der Waals surface area (Å²) in [7, 11) is 0. The van der Waals surface area contributed by atoms with Gasteiger partial charge in [-0.1, -0.05) is 24.3 Å². The molecule has 0 spiro atoms. The number of pyridine rings is 1. The van der Waals surface area contributed by atoms with Crippen LogP contribution in [0.15, 0.2) is 59.3 Å². The van der Waals surface area contributed by atoms with E-state index in [0.717, 1.165) is 22.1 Å². The minimum atomic E-state index is -0.137. The number of allylic oxidation sites excluding steroid dienone is 1. The van der Waals surface area contributed by atoms with Gasteiger partial charge in [0.2, 0.25) is 5.78 Å². The highest BCUT2D eigenvalue weighted by Crippen LogP contribution is 2.25. The fourth-order valence-electron chi connectivity index (χ4n) is 2.13. The Bertz CT molecular complexity index is 785. The Morgan fingerprint density at radius 3 is 2.80 bits per heavy atom. The number of carbonyl (C=O) groups is 1. The number of rotatable bonds is 3. The predicted octanol–water partition coefficient (Wildman–Crippen LogP) is 4.03. The molecule has 0 unspecified atom stereocenters. The Morgan fingerprint density at radius 2 is 2.05 bits per heavy atom. The number of benzene rings is 1. The van der Waals surface area contributed by atoms with E-state index in [1.807, 2.05) is 43.3 Å². The second kappa shape index (κ2) is 5.13. The molecule has 0 amide bonds. The Labute approximate surface area is 116 Å². The van der Waals surface area contributed by atoms with Crippen LogP contribution in [0.4, 0.5) is 0 Å². The molecule has 3 nitrogen and oxygen atoms in total. The zero-order chi connectivity index (χ0) is 13.9. The molecule has 20 heavy (non-hydrogen) atoms. The number of hydrogen-bond acceptors (Lipinski definition) is 3. The number of ketones is 1. The van der Waals surface area contributed by atoms with Crippen LogP contribution in [0.2, 0.25) is 0 Å². The molecule has 0 aliphatic carbocycles. The maximum Gasteiger partial charge on any atom is 0.221 e. The largest absolute Gasteiger partial charge is 0.452 e. The molecule has 0 saturated carbocycles. The molecule has 0 aliphatic rings. The van der Waals surface area contributed by atoms with Gasteiger partial charge in [-0.15, -0.1) is 0 Å². The summed E-state index contributed by atoms with van der Waals surface area (Å²) in [5.41, 5.74) is 2.50. The third kappa shape index (κ3) is 2.26. The Morgan fingerprint density at radius 1 is 1.20 bits per heavy atom. The summed E-state index contributed by atoms with van der Waals surface area (Å²) in [6.07, 6.45) is 6.65. The van der Waals surface area contributed by atoms with Crippen LogP contribution in [0.5, 0.6) is 0 Å². The molecule has 1 aromatic carbocycles. The van der Waals surface area contributed by atoms with Crippen molar-refractivity contribution < 1.29 is 9.21 Å². The van der Waals surface area contributed by atoms with Crippen LogP contribution in [0.3, 0.4) is 0 Å². The van der Waals surface area contributed by atoms with E-state index in [4.69, 9.17) is 4.42 Å². The van der Waals surface area contributed by atoms with Crippen molar-refractivity contribution in [3.63, 3.8) is 0 Å². The lowest BCUT2D eigenvalue weighted by atomic mass is 10.1. The average molecular weight is 263 g/mol. The molecule has 2 aromatic heterocycles. The minimum absolute atomic E-state index is 0.137. The van der Waals surface area contributed by atoms with Gasteiger partial charge in [0.05, 0.1) is 0 Å². The molecule has 0 N–H and O–H groups in total. The van der Waals surface area contributed by atoms with E-state index in [1.54, 1.807) is 18.5 Å². The highest BCUT2D eigenvalue weighted by atomic mass is 16.3. The molecule has 0 aliphatic heterocycles. The van der Waals surface area contributed by atoms with Crippen molar-refractivity contribution in [3.8, 4) is 0 Å². The van der Waals surface area contributed by atoms with E-state index in [0.29, 0.717) is 5.76 Å². The first-order valence-electron chi connectivity index (χ1n) is 6.36. The van der Waals surface area contributed by atoms with Gasteiger partial charge < -0.3 is 4.42 Å². The van der Waals surface area contributed by atoms with Gasteiger partial charge in [0, 0.05) is 23.3 Å². The second-order valence-corrected chi connectivity index (χ2v) is 4.54. The van der Waals surface area contributed by atoms with Crippen LogP contribution >= 0.6 is 0 Å². The fourth-order valence-corrected chi connectivity index (χ4v) is 2.13. The van der Waals surface area contributed by atoms with Crippen LogP contribution in [-0.2, 0) is 0 Å². The SMILES string of the molecule is Cc1c(C(=O)/C=C/c2cccnc2)oc2ccccc12. The summed E-state index contributed by atoms with van der Waals surface area (Å²) in [4.78, 5) is 16.2. The zero-order valence-electron chi connectivity index (χ0n) is 11.0. The van der Waals surface area contributed by atoms with Gasteiger partial charge in [-0.05, 0) is 36.8 Å². The lowest BCUT2D eigenvalue weighted by Crippen LogP contribution is -1.93. The molecule has 3 heteroatoms. The normalized spacial score (nSPS) is 11.2. The number of aromatic nitrogens is 1. The van der Waals surface area contributed by atoms with Crippen molar-refractivity contribution in [1.82, 2.24) is 4.98 Å². The third-order valence-corrected chi connectivity index (χ3v) is 3.18. The predicted molar refractivity (Wildman–Crippen MR) is 78.6 cm³/mol. The van der Waals surface area contributed by atoms with Crippen LogP contribution in [0.25, 0.3) is 17.0 Å². The van der Waals surface area contributed by atoms with Crippen LogP contribution < -0.4 is 0 Å². The summed E-state index contributed by atoms with van der Waals surface area (Å²) in [5, 5.41) is 0.977. The Hall–Kier alpha value is -2.68. The standard InChI is InChI=1S/C17H13NO2/c1-12-14-6-2-3-7-16(14)20-17(12)15(19)9-8-13-5-4-10-18-11-13/h2-11H,1H3/b9-8+. The van der Waals surface area contributed by atoms with Gasteiger partial charge in [0.25, 0.3) is 0 Å². The van der Waals surface area contributed by atoms with E-state index in [2.05, 4.69) is 4.98 Å². The Kier molecular flexibility index (Phi) is 3.17. The summed E-state index contributed by atoms with van der Waals surface area (Å²) >= 11 is 0. The highest BCUT2D eigenvalue weighted by Gasteiger charge is 2.14. The topological polar surface area (TPSA) is 43.1 Å². The molecular formula is C17H13NO2. The van der Waals surface area contributed by atoms with E-state index in [-0.39, 0.29) is 5.78 Å². The van der Waals surface area contributed by atoms with Crippen molar-refractivity contribution in [2.24, 2.45) is 0 Å². The molecule has 3 rings (SSSR count). The van der Waals surface area contributed by atoms with Crippen molar-refractivity contribution in [1.29, 1.82) is 0 Å². The Balaban J connectivity index is 1.93. The van der Waals surface area contributed by atoms with Gasteiger partial charge in [-0.25, -0.2) is 0 Å². The number of fused-ring (bicyclic) bond motifs is 1. The summed E-state index contributed by atoms with van der Waals surface area (Å²) in [6, 6.07) is 11.4. The second-order valence-electron chi connectivity index (χ2n) is 4.54. The summed E-state index contributed by atoms with van der Waals surface area (Å²) in [5.74, 6) is 0.258. The van der Waals surface area contributed by atoms with Crippen molar-refractivity contribution in [2.45, 2.75) is 6.92 Å². The van der Waals surface area contributed by atoms with Crippen LogP contribution in [-0.4, -0.2) is 10.8 Å². The number of aryl methyl sites for hydroxylation is 1. The van der Waals surface area contributed by atoms with Gasteiger partial charge in [0.1, 0.15) is 5.58 Å². The number of carbonyl (C=O) groups excluding carboxylic acids is 1. The first kappa shape index (κ1) is 12.4. The average Bonchev–Trinajstić information content (AvgIpc) is 2.84. The van der Waals surface area contributed by atoms with E-state index in [9.17, 15) is 4.79 Å². The third-order valence-electron chi connectivity index (χ3n) is 3.18. The smallest absolute Gasteiger partial charge is 0.221 e. The quantitative estimate of drug-likeness (QED) is 0.529. The van der Waals surface area contributed by atoms with Crippen molar-refractivity contribution >= 4 is 22.8 Å². The molecule has 2 heterocycles. The zero-order valence-corrected chi connectivity index (χ0v) is 11.0. The van der Waals surface area contributed by atoms with Crippen molar-refractivity contribution in [2.75, 3.05) is 0 Å². The highest BCUT2D eigenvalue weighted by molar-refractivity contribution is 6.08. The number of furan rings is 1. The minimum Gasteiger partial charge on any atom is -0.452 e. The molecule has 0 saturated heterocycles. The van der Waals surface area contributed by atoms with E-state index in [1.165, 1.54) is 6.08 Å². The molecule has 0 atom stereocenters.